The second kappa shape index (κ2) is 5.61. The van der Waals surface area contributed by atoms with Crippen LogP contribution in [0.15, 0.2) is 30.3 Å². The Bertz CT molecular complexity index is 356. The van der Waals surface area contributed by atoms with Gasteiger partial charge >= 0.3 is 6.18 Å². The molecule has 0 bridgehead atoms. The lowest BCUT2D eigenvalue weighted by molar-refractivity contribution is -0.126. The van der Waals surface area contributed by atoms with Crippen LogP contribution in [0, 0.1) is 0 Å². The van der Waals surface area contributed by atoms with Crippen molar-refractivity contribution < 1.29 is 13.2 Å². The first-order valence-electron chi connectivity index (χ1n) is 6.15. The fourth-order valence-corrected chi connectivity index (χ4v) is 2.24. The number of alkyl halides is 3. The molecule has 2 rings (SSSR count). The highest BCUT2D eigenvalue weighted by molar-refractivity contribution is 5.46. The van der Waals surface area contributed by atoms with Crippen LogP contribution in [0.5, 0.6) is 0 Å². The number of benzene rings is 1. The van der Waals surface area contributed by atoms with Gasteiger partial charge < -0.3 is 10.2 Å². The van der Waals surface area contributed by atoms with Crippen LogP contribution in [0.3, 0.4) is 0 Å². The second-order valence-electron chi connectivity index (χ2n) is 4.59. The molecule has 2 nitrogen and oxygen atoms in total. The molecule has 18 heavy (non-hydrogen) atoms. The molecule has 0 atom stereocenters. The van der Waals surface area contributed by atoms with Crippen molar-refractivity contribution in [2.24, 2.45) is 0 Å². The number of hydrogen-bond donors (Lipinski definition) is 1. The van der Waals surface area contributed by atoms with E-state index >= 15 is 0 Å². The molecule has 0 aromatic heterocycles. The number of anilines is 1. The van der Waals surface area contributed by atoms with Crippen molar-refractivity contribution in [2.45, 2.75) is 25.1 Å². The molecule has 100 valence electrons. The number of rotatable bonds is 3. The van der Waals surface area contributed by atoms with Crippen molar-refractivity contribution in [1.29, 1.82) is 0 Å². The van der Waals surface area contributed by atoms with Crippen LogP contribution in [-0.4, -0.2) is 31.9 Å². The van der Waals surface area contributed by atoms with Crippen LogP contribution in [0.2, 0.25) is 0 Å². The third kappa shape index (κ3) is 3.91. The van der Waals surface area contributed by atoms with E-state index in [1.54, 1.807) is 0 Å². The SMILES string of the molecule is FC(F)(F)CNC1CCN(c2ccccc2)CC1. The minimum absolute atomic E-state index is 0.0217. The van der Waals surface area contributed by atoms with Gasteiger partial charge in [0.15, 0.2) is 0 Å². The van der Waals surface area contributed by atoms with Gasteiger partial charge in [0.05, 0.1) is 6.54 Å². The molecule has 1 aromatic rings. The summed E-state index contributed by atoms with van der Waals surface area (Å²) in [7, 11) is 0. The average Bonchev–Trinajstić information content (AvgIpc) is 2.37. The molecule has 0 amide bonds. The van der Waals surface area contributed by atoms with E-state index in [0.29, 0.717) is 0 Å². The topological polar surface area (TPSA) is 15.3 Å². The molecular formula is C13H17F3N2. The Morgan fingerprint density at radius 3 is 2.28 bits per heavy atom. The molecule has 1 aliphatic rings. The largest absolute Gasteiger partial charge is 0.401 e. The van der Waals surface area contributed by atoms with Crippen molar-refractivity contribution in [1.82, 2.24) is 5.32 Å². The van der Waals surface area contributed by atoms with Gasteiger partial charge in [0.2, 0.25) is 0 Å². The quantitative estimate of drug-likeness (QED) is 0.897. The Balaban J connectivity index is 1.78. The first-order valence-corrected chi connectivity index (χ1v) is 6.15. The summed E-state index contributed by atoms with van der Waals surface area (Å²) in [5.74, 6) is 0. The van der Waals surface area contributed by atoms with Crippen molar-refractivity contribution in [3.8, 4) is 0 Å². The minimum Gasteiger partial charge on any atom is -0.371 e. The lowest BCUT2D eigenvalue weighted by Gasteiger charge is -2.34. The smallest absolute Gasteiger partial charge is 0.371 e. The Hall–Kier alpha value is -1.23. The Morgan fingerprint density at radius 2 is 1.72 bits per heavy atom. The standard InChI is InChI=1S/C13H17F3N2/c14-13(15,16)10-17-11-6-8-18(9-7-11)12-4-2-1-3-5-12/h1-5,11,17H,6-10H2. The lowest BCUT2D eigenvalue weighted by atomic mass is 10.0. The van der Waals surface area contributed by atoms with Gasteiger partial charge in [-0.05, 0) is 25.0 Å². The molecule has 1 aliphatic heterocycles. The first kappa shape index (κ1) is 13.2. The van der Waals surface area contributed by atoms with Crippen LogP contribution in [0.1, 0.15) is 12.8 Å². The van der Waals surface area contributed by atoms with Crippen molar-refractivity contribution in [3.05, 3.63) is 30.3 Å². The highest BCUT2D eigenvalue weighted by atomic mass is 19.4. The molecule has 0 unspecified atom stereocenters. The zero-order chi connectivity index (χ0) is 13.0. The van der Waals surface area contributed by atoms with Gasteiger partial charge in [-0.3, -0.25) is 0 Å². The zero-order valence-corrected chi connectivity index (χ0v) is 10.1. The van der Waals surface area contributed by atoms with Crippen LogP contribution in [-0.2, 0) is 0 Å². The minimum atomic E-state index is -4.11. The van der Waals surface area contributed by atoms with Crippen LogP contribution in [0.25, 0.3) is 0 Å². The molecule has 1 aromatic carbocycles. The van der Waals surface area contributed by atoms with E-state index in [2.05, 4.69) is 10.2 Å². The Kier molecular flexibility index (Phi) is 4.11. The molecule has 5 heteroatoms. The van der Waals surface area contributed by atoms with Gasteiger partial charge in [-0.1, -0.05) is 18.2 Å². The fourth-order valence-electron chi connectivity index (χ4n) is 2.24. The molecule has 1 saturated heterocycles. The molecule has 0 spiro atoms. The maximum absolute atomic E-state index is 12.1. The monoisotopic (exact) mass is 258 g/mol. The normalized spacial score (nSPS) is 18.1. The highest BCUT2D eigenvalue weighted by Crippen LogP contribution is 2.20. The number of piperidine rings is 1. The lowest BCUT2D eigenvalue weighted by Crippen LogP contribution is -2.45. The zero-order valence-electron chi connectivity index (χ0n) is 10.1. The third-order valence-corrected chi connectivity index (χ3v) is 3.21. The summed E-state index contributed by atoms with van der Waals surface area (Å²) in [5.41, 5.74) is 1.15. The summed E-state index contributed by atoms with van der Waals surface area (Å²) < 4.78 is 36.2. The molecule has 1 heterocycles. The van der Waals surface area contributed by atoms with Gasteiger partial charge in [0, 0.05) is 24.8 Å². The average molecular weight is 258 g/mol. The van der Waals surface area contributed by atoms with E-state index in [9.17, 15) is 13.2 Å². The second-order valence-corrected chi connectivity index (χ2v) is 4.59. The summed E-state index contributed by atoms with van der Waals surface area (Å²) in [6, 6.07) is 9.95. The molecule has 0 saturated carbocycles. The summed E-state index contributed by atoms with van der Waals surface area (Å²) >= 11 is 0. The van der Waals surface area contributed by atoms with Gasteiger partial charge in [-0.15, -0.1) is 0 Å². The molecular weight excluding hydrogens is 241 g/mol. The maximum atomic E-state index is 12.1. The van der Waals surface area contributed by atoms with Gasteiger partial charge in [0.1, 0.15) is 0 Å². The number of nitrogens with one attached hydrogen (secondary N) is 1. The summed E-state index contributed by atoms with van der Waals surface area (Å²) in [6.45, 7) is 0.724. The van der Waals surface area contributed by atoms with E-state index in [-0.39, 0.29) is 6.04 Å². The van der Waals surface area contributed by atoms with Crippen LogP contribution in [0.4, 0.5) is 18.9 Å². The molecule has 1 N–H and O–H groups in total. The highest BCUT2D eigenvalue weighted by Gasteiger charge is 2.29. The summed E-state index contributed by atoms with van der Waals surface area (Å²) in [5, 5.41) is 2.58. The van der Waals surface area contributed by atoms with Crippen LogP contribution < -0.4 is 10.2 Å². The fraction of sp³-hybridized carbons (Fsp3) is 0.538. The molecule has 0 aliphatic carbocycles. The van der Waals surface area contributed by atoms with Crippen molar-refractivity contribution >= 4 is 5.69 Å². The first-order chi connectivity index (χ1) is 8.54. The predicted octanol–water partition coefficient (Wildman–Crippen LogP) is 2.81. The number of halogens is 3. The van der Waals surface area contributed by atoms with E-state index in [0.717, 1.165) is 31.6 Å². The summed E-state index contributed by atoms with van der Waals surface area (Å²) in [6.07, 6.45) is -2.60. The van der Waals surface area contributed by atoms with E-state index in [4.69, 9.17) is 0 Å². The molecule has 1 fully saturated rings. The predicted molar refractivity (Wildman–Crippen MR) is 65.7 cm³/mol. The molecule has 0 radical (unpaired) electrons. The Labute approximate surface area is 105 Å². The van der Waals surface area contributed by atoms with E-state index < -0.39 is 12.7 Å². The van der Waals surface area contributed by atoms with Crippen molar-refractivity contribution in [2.75, 3.05) is 24.5 Å². The van der Waals surface area contributed by atoms with Gasteiger partial charge in [-0.2, -0.15) is 13.2 Å². The van der Waals surface area contributed by atoms with Gasteiger partial charge in [0.25, 0.3) is 0 Å². The maximum Gasteiger partial charge on any atom is 0.401 e. The summed E-state index contributed by atoms with van der Waals surface area (Å²) in [4.78, 5) is 2.21. The van der Waals surface area contributed by atoms with Crippen molar-refractivity contribution in [3.63, 3.8) is 0 Å². The third-order valence-electron chi connectivity index (χ3n) is 3.21. The number of para-hydroxylation sites is 1. The van der Waals surface area contributed by atoms with Crippen LogP contribution >= 0.6 is 0 Å². The van der Waals surface area contributed by atoms with E-state index in [1.807, 2.05) is 30.3 Å². The van der Waals surface area contributed by atoms with Gasteiger partial charge in [-0.25, -0.2) is 0 Å². The number of nitrogens with zero attached hydrogens (tertiary/aromatic N) is 1. The number of hydrogen-bond acceptors (Lipinski definition) is 2. The van der Waals surface area contributed by atoms with E-state index in [1.165, 1.54) is 0 Å². The Morgan fingerprint density at radius 1 is 1.11 bits per heavy atom.